The molecule has 2 aromatic rings. The van der Waals surface area contributed by atoms with Crippen molar-refractivity contribution in [2.45, 2.75) is 39.3 Å². The molecule has 1 aliphatic rings. The number of methoxy groups -OCH3 is 1. The maximum atomic E-state index is 12.7. The average Bonchev–Trinajstić information content (AvgIpc) is 3.17. The number of nitrogens with one attached hydrogen (secondary N) is 1. The molecule has 1 atom stereocenters. The molecule has 1 aromatic heterocycles. The minimum atomic E-state index is -0.124. The topological polar surface area (TPSA) is 67.6 Å². The Morgan fingerprint density at radius 1 is 1.38 bits per heavy atom. The van der Waals surface area contributed by atoms with Crippen LogP contribution < -0.4 is 10.1 Å². The molecule has 2 heterocycles. The number of carbonyl (C=O) groups is 1. The third kappa shape index (κ3) is 3.43. The van der Waals surface area contributed by atoms with E-state index >= 15 is 0 Å². The fourth-order valence-electron chi connectivity index (χ4n) is 3.14. The van der Waals surface area contributed by atoms with Gasteiger partial charge in [0.2, 0.25) is 5.91 Å². The van der Waals surface area contributed by atoms with E-state index in [1.165, 1.54) is 0 Å². The molecule has 3 rings (SSSR count). The van der Waals surface area contributed by atoms with Crippen LogP contribution in [-0.4, -0.2) is 35.7 Å². The zero-order valence-corrected chi connectivity index (χ0v) is 14.3. The Bertz CT molecular complexity index is 689. The fraction of sp³-hybridized carbons (Fsp3) is 0.444. The van der Waals surface area contributed by atoms with E-state index in [-0.39, 0.29) is 11.9 Å². The van der Waals surface area contributed by atoms with Gasteiger partial charge >= 0.3 is 0 Å². The Morgan fingerprint density at radius 2 is 2.12 bits per heavy atom. The standard InChI is InChI=1S/C18H23N3O3/c1-12-16(13(2)24-20-12)11-21-10-4-5-17(21)18(22)19-14-6-8-15(23-3)9-7-14/h6-9,17H,4-5,10-11H2,1-3H3,(H,19,22)/t17-/m0/s1. The number of nitrogens with zero attached hydrogens (tertiary/aromatic N) is 2. The number of aromatic nitrogens is 1. The van der Waals surface area contributed by atoms with Gasteiger partial charge in [-0.15, -0.1) is 0 Å². The summed E-state index contributed by atoms with van der Waals surface area (Å²) in [5.74, 6) is 1.63. The quantitative estimate of drug-likeness (QED) is 0.913. The van der Waals surface area contributed by atoms with E-state index in [9.17, 15) is 4.79 Å². The van der Waals surface area contributed by atoms with Crippen LogP contribution in [0.1, 0.15) is 29.9 Å². The Hall–Kier alpha value is -2.34. The van der Waals surface area contributed by atoms with Crippen molar-refractivity contribution in [3.05, 3.63) is 41.3 Å². The van der Waals surface area contributed by atoms with Gasteiger partial charge in [0.05, 0.1) is 18.8 Å². The molecule has 6 nitrogen and oxygen atoms in total. The molecule has 6 heteroatoms. The van der Waals surface area contributed by atoms with Crippen LogP contribution in [-0.2, 0) is 11.3 Å². The molecule has 24 heavy (non-hydrogen) atoms. The summed E-state index contributed by atoms with van der Waals surface area (Å²) in [6, 6.07) is 7.26. The second-order valence-corrected chi connectivity index (χ2v) is 6.15. The van der Waals surface area contributed by atoms with Crippen molar-refractivity contribution in [1.82, 2.24) is 10.1 Å². The lowest BCUT2D eigenvalue weighted by atomic mass is 10.1. The number of ether oxygens (including phenoxy) is 1. The van der Waals surface area contributed by atoms with E-state index in [2.05, 4.69) is 15.4 Å². The van der Waals surface area contributed by atoms with Gasteiger partial charge in [0.15, 0.2) is 0 Å². The van der Waals surface area contributed by atoms with Gasteiger partial charge in [-0.05, 0) is 57.5 Å². The summed E-state index contributed by atoms with van der Waals surface area (Å²) in [6.07, 6.45) is 1.88. The zero-order chi connectivity index (χ0) is 17.1. The molecule has 1 aliphatic heterocycles. The molecule has 0 radical (unpaired) electrons. The van der Waals surface area contributed by atoms with Crippen molar-refractivity contribution in [3.63, 3.8) is 0 Å². The van der Waals surface area contributed by atoms with Crippen LogP contribution in [0.25, 0.3) is 0 Å². The van der Waals surface area contributed by atoms with E-state index in [4.69, 9.17) is 9.26 Å². The molecule has 1 amide bonds. The van der Waals surface area contributed by atoms with Crippen LogP contribution in [0.3, 0.4) is 0 Å². The lowest BCUT2D eigenvalue weighted by Crippen LogP contribution is -2.39. The van der Waals surface area contributed by atoms with E-state index in [1.54, 1.807) is 7.11 Å². The number of benzene rings is 1. The smallest absolute Gasteiger partial charge is 0.241 e. The summed E-state index contributed by atoms with van der Waals surface area (Å²) in [5.41, 5.74) is 2.76. The van der Waals surface area contributed by atoms with Crippen molar-refractivity contribution in [1.29, 1.82) is 0 Å². The normalized spacial score (nSPS) is 17.9. The number of hydrogen-bond donors (Lipinski definition) is 1. The highest BCUT2D eigenvalue weighted by molar-refractivity contribution is 5.95. The fourth-order valence-corrected chi connectivity index (χ4v) is 3.14. The minimum absolute atomic E-state index is 0.0319. The molecule has 0 unspecified atom stereocenters. The summed E-state index contributed by atoms with van der Waals surface area (Å²) >= 11 is 0. The van der Waals surface area contributed by atoms with E-state index in [0.29, 0.717) is 6.54 Å². The highest BCUT2D eigenvalue weighted by Crippen LogP contribution is 2.24. The second-order valence-electron chi connectivity index (χ2n) is 6.15. The number of hydrogen-bond acceptors (Lipinski definition) is 5. The molecule has 1 aromatic carbocycles. The minimum Gasteiger partial charge on any atom is -0.497 e. The first-order chi connectivity index (χ1) is 11.6. The maximum Gasteiger partial charge on any atom is 0.241 e. The Balaban J connectivity index is 1.66. The van der Waals surface area contributed by atoms with Crippen molar-refractivity contribution in [2.75, 3.05) is 19.0 Å². The molecule has 1 saturated heterocycles. The van der Waals surface area contributed by atoms with Gasteiger partial charge < -0.3 is 14.6 Å². The van der Waals surface area contributed by atoms with Crippen LogP contribution in [0.15, 0.2) is 28.8 Å². The number of rotatable bonds is 5. The first-order valence-electron chi connectivity index (χ1n) is 8.19. The molecule has 128 valence electrons. The van der Waals surface area contributed by atoms with Gasteiger partial charge in [-0.25, -0.2) is 0 Å². The van der Waals surface area contributed by atoms with E-state index in [0.717, 1.165) is 47.8 Å². The van der Waals surface area contributed by atoms with Crippen molar-refractivity contribution < 1.29 is 14.1 Å². The van der Waals surface area contributed by atoms with E-state index < -0.39 is 0 Å². The molecule has 1 N–H and O–H groups in total. The molecular weight excluding hydrogens is 306 g/mol. The number of anilines is 1. The molecule has 0 spiro atoms. The van der Waals surface area contributed by atoms with Gasteiger partial charge in [0.1, 0.15) is 11.5 Å². The molecule has 1 fully saturated rings. The summed E-state index contributed by atoms with van der Waals surface area (Å²) in [6.45, 7) is 5.46. The zero-order valence-electron chi connectivity index (χ0n) is 14.3. The SMILES string of the molecule is COc1ccc(NC(=O)[C@@H]2CCCN2Cc2c(C)noc2C)cc1. The highest BCUT2D eigenvalue weighted by atomic mass is 16.5. The Labute approximate surface area is 141 Å². The van der Waals surface area contributed by atoms with Gasteiger partial charge in [-0.2, -0.15) is 0 Å². The highest BCUT2D eigenvalue weighted by Gasteiger charge is 2.31. The monoisotopic (exact) mass is 329 g/mol. The Morgan fingerprint density at radius 3 is 2.75 bits per heavy atom. The number of likely N-dealkylation sites (tertiary alicyclic amines) is 1. The predicted octanol–water partition coefficient (Wildman–Crippen LogP) is 2.90. The molecular formula is C18H23N3O3. The van der Waals surface area contributed by atoms with Crippen LogP contribution >= 0.6 is 0 Å². The van der Waals surface area contributed by atoms with Crippen LogP contribution in [0, 0.1) is 13.8 Å². The van der Waals surface area contributed by atoms with Gasteiger partial charge in [-0.1, -0.05) is 5.16 Å². The van der Waals surface area contributed by atoms with Crippen molar-refractivity contribution >= 4 is 11.6 Å². The van der Waals surface area contributed by atoms with Gasteiger partial charge in [0.25, 0.3) is 0 Å². The van der Waals surface area contributed by atoms with Crippen LogP contribution in [0.5, 0.6) is 5.75 Å². The predicted molar refractivity (Wildman–Crippen MR) is 91.0 cm³/mol. The van der Waals surface area contributed by atoms with Gasteiger partial charge in [0, 0.05) is 17.8 Å². The summed E-state index contributed by atoms with van der Waals surface area (Å²) in [4.78, 5) is 14.9. The van der Waals surface area contributed by atoms with Crippen LogP contribution in [0.4, 0.5) is 5.69 Å². The molecule has 0 bridgehead atoms. The lowest BCUT2D eigenvalue weighted by molar-refractivity contribution is -0.120. The van der Waals surface area contributed by atoms with Crippen molar-refractivity contribution in [2.24, 2.45) is 0 Å². The summed E-state index contributed by atoms with van der Waals surface area (Å²) in [7, 11) is 1.62. The number of carbonyl (C=O) groups excluding carboxylic acids is 1. The third-order valence-electron chi connectivity index (χ3n) is 4.57. The largest absolute Gasteiger partial charge is 0.497 e. The lowest BCUT2D eigenvalue weighted by Gasteiger charge is -2.23. The maximum absolute atomic E-state index is 12.7. The number of amides is 1. The third-order valence-corrected chi connectivity index (χ3v) is 4.57. The van der Waals surface area contributed by atoms with Crippen LogP contribution in [0.2, 0.25) is 0 Å². The molecule has 0 aliphatic carbocycles. The average molecular weight is 329 g/mol. The number of aryl methyl sites for hydroxylation is 2. The van der Waals surface area contributed by atoms with E-state index in [1.807, 2.05) is 38.1 Å². The first kappa shape index (κ1) is 16.5. The summed E-state index contributed by atoms with van der Waals surface area (Å²) in [5, 5.41) is 7.00. The first-order valence-corrected chi connectivity index (χ1v) is 8.19. The Kier molecular flexibility index (Phi) is 4.85. The second kappa shape index (κ2) is 7.05. The summed E-state index contributed by atoms with van der Waals surface area (Å²) < 4.78 is 10.4. The molecule has 0 saturated carbocycles. The van der Waals surface area contributed by atoms with Crippen molar-refractivity contribution in [3.8, 4) is 5.75 Å². The van der Waals surface area contributed by atoms with Gasteiger partial charge in [-0.3, -0.25) is 9.69 Å².